The van der Waals surface area contributed by atoms with Gasteiger partial charge in [0.25, 0.3) is 10.0 Å². The van der Waals surface area contributed by atoms with Gasteiger partial charge >= 0.3 is 0 Å². The van der Waals surface area contributed by atoms with Crippen LogP contribution in [0.3, 0.4) is 0 Å². The molecule has 0 spiro atoms. The largest absolute Gasteiger partial charge is 0.383 e. The SMILES string of the molecule is COCCn1cccc1C(O)c1ccc(N(C)S(=O)(=O)c2ccccc2)cc1. The minimum Gasteiger partial charge on any atom is -0.383 e. The summed E-state index contributed by atoms with van der Waals surface area (Å²) >= 11 is 0. The summed E-state index contributed by atoms with van der Waals surface area (Å²) in [6.07, 6.45) is 1.09. The quantitative estimate of drug-likeness (QED) is 0.631. The molecule has 0 bridgehead atoms. The molecular formula is C21H24N2O4S. The minimum atomic E-state index is -3.63. The lowest BCUT2D eigenvalue weighted by Gasteiger charge is -2.21. The number of hydrogen-bond acceptors (Lipinski definition) is 4. The number of ether oxygens (including phenoxy) is 1. The van der Waals surface area contributed by atoms with Gasteiger partial charge in [-0.05, 0) is 42.0 Å². The van der Waals surface area contributed by atoms with Crippen LogP contribution in [0.2, 0.25) is 0 Å². The zero-order valence-electron chi connectivity index (χ0n) is 15.9. The first-order valence-electron chi connectivity index (χ1n) is 8.91. The molecule has 0 fully saturated rings. The van der Waals surface area contributed by atoms with E-state index in [1.54, 1.807) is 61.7 Å². The van der Waals surface area contributed by atoms with Crippen LogP contribution < -0.4 is 4.31 Å². The molecule has 0 amide bonds. The number of nitrogens with zero attached hydrogens (tertiary/aromatic N) is 2. The zero-order chi connectivity index (χ0) is 20.1. The number of sulfonamides is 1. The van der Waals surface area contributed by atoms with Gasteiger partial charge in [-0.15, -0.1) is 0 Å². The van der Waals surface area contributed by atoms with E-state index in [-0.39, 0.29) is 4.90 Å². The summed E-state index contributed by atoms with van der Waals surface area (Å²) < 4.78 is 33.8. The van der Waals surface area contributed by atoms with Crippen LogP contribution in [0.25, 0.3) is 0 Å². The zero-order valence-corrected chi connectivity index (χ0v) is 16.7. The number of aliphatic hydroxyl groups excluding tert-OH is 1. The van der Waals surface area contributed by atoms with Crippen LogP contribution in [0.4, 0.5) is 5.69 Å². The highest BCUT2D eigenvalue weighted by Gasteiger charge is 2.21. The van der Waals surface area contributed by atoms with Gasteiger partial charge in [0.1, 0.15) is 6.10 Å². The van der Waals surface area contributed by atoms with Crippen molar-refractivity contribution in [2.75, 3.05) is 25.1 Å². The van der Waals surface area contributed by atoms with Crippen molar-refractivity contribution >= 4 is 15.7 Å². The molecule has 0 aliphatic rings. The van der Waals surface area contributed by atoms with Gasteiger partial charge in [-0.2, -0.15) is 0 Å². The van der Waals surface area contributed by atoms with E-state index in [0.29, 0.717) is 24.4 Å². The molecule has 148 valence electrons. The fraction of sp³-hybridized carbons (Fsp3) is 0.238. The van der Waals surface area contributed by atoms with Gasteiger partial charge in [-0.3, -0.25) is 4.31 Å². The van der Waals surface area contributed by atoms with Crippen LogP contribution in [-0.4, -0.2) is 38.9 Å². The summed E-state index contributed by atoms with van der Waals surface area (Å²) in [4.78, 5) is 0.234. The van der Waals surface area contributed by atoms with Crippen molar-refractivity contribution in [1.82, 2.24) is 4.57 Å². The number of hydrogen-bond donors (Lipinski definition) is 1. The average Bonchev–Trinajstić information content (AvgIpc) is 3.20. The maximum atomic E-state index is 12.7. The van der Waals surface area contributed by atoms with E-state index in [2.05, 4.69) is 0 Å². The fourth-order valence-corrected chi connectivity index (χ4v) is 4.21. The molecule has 0 saturated heterocycles. The Morgan fingerprint density at radius 1 is 1.04 bits per heavy atom. The van der Waals surface area contributed by atoms with Crippen molar-refractivity contribution in [3.8, 4) is 0 Å². The van der Waals surface area contributed by atoms with Gasteiger partial charge in [-0.1, -0.05) is 30.3 Å². The van der Waals surface area contributed by atoms with Gasteiger partial charge in [0.2, 0.25) is 0 Å². The molecule has 2 aromatic carbocycles. The highest BCUT2D eigenvalue weighted by atomic mass is 32.2. The Bertz CT molecular complexity index is 998. The van der Waals surface area contributed by atoms with Crippen molar-refractivity contribution in [2.45, 2.75) is 17.5 Å². The molecule has 28 heavy (non-hydrogen) atoms. The van der Waals surface area contributed by atoms with E-state index < -0.39 is 16.1 Å². The first-order chi connectivity index (χ1) is 13.4. The third kappa shape index (κ3) is 4.11. The lowest BCUT2D eigenvalue weighted by atomic mass is 10.1. The van der Waals surface area contributed by atoms with Gasteiger partial charge in [-0.25, -0.2) is 8.42 Å². The summed E-state index contributed by atoms with van der Waals surface area (Å²) in [5.74, 6) is 0. The number of aromatic nitrogens is 1. The summed E-state index contributed by atoms with van der Waals surface area (Å²) in [6, 6.07) is 18.9. The van der Waals surface area contributed by atoms with Crippen molar-refractivity contribution < 1.29 is 18.3 Å². The summed E-state index contributed by atoms with van der Waals surface area (Å²) in [7, 11) is -0.478. The summed E-state index contributed by atoms with van der Waals surface area (Å²) in [5.41, 5.74) is 1.97. The Morgan fingerprint density at radius 3 is 2.36 bits per heavy atom. The number of methoxy groups -OCH3 is 1. The summed E-state index contributed by atoms with van der Waals surface area (Å²) in [6.45, 7) is 1.20. The molecule has 0 aliphatic carbocycles. The molecule has 0 aliphatic heterocycles. The third-order valence-electron chi connectivity index (χ3n) is 4.66. The van der Waals surface area contributed by atoms with Crippen LogP contribution in [0.5, 0.6) is 0 Å². The van der Waals surface area contributed by atoms with Gasteiger partial charge < -0.3 is 14.4 Å². The van der Waals surface area contributed by atoms with E-state index in [9.17, 15) is 13.5 Å². The predicted molar refractivity (Wildman–Crippen MR) is 109 cm³/mol. The molecular weight excluding hydrogens is 376 g/mol. The first kappa shape index (κ1) is 20.1. The molecule has 1 N–H and O–H groups in total. The highest BCUT2D eigenvalue weighted by molar-refractivity contribution is 7.92. The number of benzene rings is 2. The molecule has 0 saturated carbocycles. The standard InChI is InChI=1S/C21H24N2O4S/c1-22(28(25,26)19-7-4-3-5-8-19)18-12-10-17(11-13-18)21(24)20-9-6-14-23(20)15-16-27-2/h3-14,21,24H,15-16H2,1-2H3. The normalized spacial score (nSPS) is 12.7. The van der Waals surface area contributed by atoms with Crippen molar-refractivity contribution in [1.29, 1.82) is 0 Å². The Hall–Kier alpha value is -2.61. The molecule has 1 unspecified atom stereocenters. The van der Waals surface area contributed by atoms with E-state index in [1.165, 1.54) is 11.4 Å². The highest BCUT2D eigenvalue weighted by Crippen LogP contribution is 2.27. The molecule has 3 rings (SSSR count). The second kappa shape index (κ2) is 8.60. The Balaban J connectivity index is 1.81. The van der Waals surface area contributed by atoms with E-state index >= 15 is 0 Å². The maximum absolute atomic E-state index is 12.7. The lowest BCUT2D eigenvalue weighted by molar-refractivity contribution is 0.176. The van der Waals surface area contributed by atoms with Crippen LogP contribution >= 0.6 is 0 Å². The predicted octanol–water partition coefficient (Wildman–Crippen LogP) is 3.04. The van der Waals surface area contributed by atoms with Crippen LogP contribution in [0.15, 0.2) is 77.8 Å². The molecule has 7 heteroatoms. The number of anilines is 1. The third-order valence-corrected chi connectivity index (χ3v) is 6.45. The molecule has 1 heterocycles. The van der Waals surface area contributed by atoms with Crippen LogP contribution in [0, 0.1) is 0 Å². The Labute approximate surface area is 165 Å². The van der Waals surface area contributed by atoms with E-state index in [0.717, 1.165) is 5.69 Å². The smallest absolute Gasteiger partial charge is 0.264 e. The topological polar surface area (TPSA) is 71.8 Å². The summed E-state index contributed by atoms with van der Waals surface area (Å²) in [5, 5.41) is 10.7. The maximum Gasteiger partial charge on any atom is 0.264 e. The second-order valence-electron chi connectivity index (χ2n) is 6.40. The fourth-order valence-electron chi connectivity index (χ4n) is 3.00. The number of rotatable bonds is 8. The molecule has 1 aromatic heterocycles. The van der Waals surface area contributed by atoms with Gasteiger partial charge in [0.15, 0.2) is 0 Å². The second-order valence-corrected chi connectivity index (χ2v) is 8.37. The van der Waals surface area contributed by atoms with Crippen LogP contribution in [0.1, 0.15) is 17.4 Å². The molecule has 0 radical (unpaired) electrons. The molecule has 3 aromatic rings. The average molecular weight is 401 g/mol. The van der Waals surface area contributed by atoms with E-state index in [1.807, 2.05) is 22.9 Å². The van der Waals surface area contributed by atoms with Crippen molar-refractivity contribution in [3.63, 3.8) is 0 Å². The Kier molecular flexibility index (Phi) is 6.18. The van der Waals surface area contributed by atoms with Gasteiger partial charge in [0, 0.05) is 26.9 Å². The minimum absolute atomic E-state index is 0.234. The number of aliphatic hydroxyl groups is 1. The molecule has 6 nitrogen and oxygen atoms in total. The van der Waals surface area contributed by atoms with Gasteiger partial charge in [0.05, 0.1) is 22.9 Å². The van der Waals surface area contributed by atoms with Crippen molar-refractivity contribution in [2.24, 2.45) is 0 Å². The lowest BCUT2D eigenvalue weighted by Crippen LogP contribution is -2.26. The van der Waals surface area contributed by atoms with Crippen LogP contribution in [-0.2, 0) is 21.3 Å². The monoisotopic (exact) mass is 400 g/mol. The first-order valence-corrected chi connectivity index (χ1v) is 10.3. The molecule has 1 atom stereocenters. The Morgan fingerprint density at radius 2 is 1.71 bits per heavy atom. The van der Waals surface area contributed by atoms with Crippen molar-refractivity contribution in [3.05, 3.63) is 84.2 Å². The van der Waals surface area contributed by atoms with E-state index in [4.69, 9.17) is 4.74 Å².